The summed E-state index contributed by atoms with van der Waals surface area (Å²) in [5, 5.41) is 3.58. The van der Waals surface area contributed by atoms with Gasteiger partial charge in [0.05, 0.1) is 11.8 Å². The fourth-order valence-electron chi connectivity index (χ4n) is 1.89. The van der Waals surface area contributed by atoms with Gasteiger partial charge in [-0.3, -0.25) is 0 Å². The molecule has 0 fully saturated rings. The molecule has 0 spiro atoms. The molecule has 2 heteroatoms. The highest BCUT2D eigenvalue weighted by Crippen LogP contribution is 2.26. The van der Waals surface area contributed by atoms with Crippen LogP contribution in [0.1, 0.15) is 47.0 Å². The highest BCUT2D eigenvalue weighted by Gasteiger charge is 2.09. The Hall–Kier alpha value is -1.18. The van der Waals surface area contributed by atoms with Crippen molar-refractivity contribution in [2.24, 2.45) is 0 Å². The Morgan fingerprint density at radius 3 is 2.47 bits per heavy atom. The second-order valence-corrected chi connectivity index (χ2v) is 4.70. The Balaban J connectivity index is 2.74. The molecule has 0 aliphatic carbocycles. The molecule has 0 aliphatic heterocycles. The maximum atomic E-state index is 5.81. The fourth-order valence-corrected chi connectivity index (χ4v) is 1.89. The number of nitrogens with one attached hydrogen (secondary N) is 1. The smallest absolute Gasteiger partial charge is 0.142 e. The topological polar surface area (TPSA) is 21.3 Å². The highest BCUT2D eigenvalue weighted by atomic mass is 16.5. The van der Waals surface area contributed by atoms with Crippen molar-refractivity contribution in [1.82, 2.24) is 0 Å². The first-order valence-corrected chi connectivity index (χ1v) is 6.69. The molecule has 2 nitrogen and oxygen atoms in total. The van der Waals surface area contributed by atoms with E-state index in [9.17, 15) is 0 Å². The summed E-state index contributed by atoms with van der Waals surface area (Å²) in [4.78, 5) is 0. The van der Waals surface area contributed by atoms with Crippen molar-refractivity contribution in [3.05, 3.63) is 24.3 Å². The summed E-state index contributed by atoms with van der Waals surface area (Å²) >= 11 is 0. The van der Waals surface area contributed by atoms with Crippen LogP contribution in [0.4, 0.5) is 5.69 Å². The standard InChI is InChI=1S/C15H25NO/c1-5-9-13(6-2)16-14-10-7-8-11-15(14)17-12(3)4/h7-8,10-13,16H,5-6,9H2,1-4H3. The second kappa shape index (κ2) is 7.21. The van der Waals surface area contributed by atoms with Gasteiger partial charge in [0, 0.05) is 6.04 Å². The van der Waals surface area contributed by atoms with Gasteiger partial charge in [-0.05, 0) is 38.8 Å². The van der Waals surface area contributed by atoms with E-state index >= 15 is 0 Å². The van der Waals surface area contributed by atoms with E-state index in [4.69, 9.17) is 4.74 Å². The molecule has 0 radical (unpaired) electrons. The normalized spacial score (nSPS) is 12.5. The summed E-state index contributed by atoms with van der Waals surface area (Å²) in [5.41, 5.74) is 1.11. The van der Waals surface area contributed by atoms with Crippen molar-refractivity contribution < 1.29 is 4.74 Å². The van der Waals surface area contributed by atoms with Gasteiger partial charge in [0.1, 0.15) is 5.75 Å². The second-order valence-electron chi connectivity index (χ2n) is 4.70. The number of para-hydroxylation sites is 2. The highest BCUT2D eigenvalue weighted by molar-refractivity contribution is 5.56. The summed E-state index contributed by atoms with van der Waals surface area (Å²) in [5.74, 6) is 0.956. The average molecular weight is 235 g/mol. The maximum Gasteiger partial charge on any atom is 0.142 e. The zero-order valence-electron chi connectivity index (χ0n) is 11.5. The summed E-state index contributed by atoms with van der Waals surface area (Å²) in [6, 6.07) is 8.73. The number of anilines is 1. The lowest BCUT2D eigenvalue weighted by Crippen LogP contribution is -2.19. The van der Waals surface area contributed by atoms with Gasteiger partial charge in [-0.1, -0.05) is 32.4 Å². The number of rotatable bonds is 7. The van der Waals surface area contributed by atoms with Crippen LogP contribution in [0.3, 0.4) is 0 Å². The van der Waals surface area contributed by atoms with Crippen LogP contribution in [0, 0.1) is 0 Å². The van der Waals surface area contributed by atoms with Gasteiger partial charge in [0.2, 0.25) is 0 Å². The summed E-state index contributed by atoms with van der Waals surface area (Å²) in [7, 11) is 0. The van der Waals surface area contributed by atoms with Gasteiger partial charge >= 0.3 is 0 Å². The zero-order chi connectivity index (χ0) is 12.7. The minimum absolute atomic E-state index is 0.212. The first-order chi connectivity index (χ1) is 8.17. The van der Waals surface area contributed by atoms with Crippen LogP contribution in [-0.4, -0.2) is 12.1 Å². The van der Waals surface area contributed by atoms with Gasteiger partial charge in [-0.15, -0.1) is 0 Å². The Bertz CT molecular complexity index is 322. The van der Waals surface area contributed by atoms with E-state index in [0.717, 1.165) is 17.9 Å². The Morgan fingerprint density at radius 2 is 1.88 bits per heavy atom. The van der Waals surface area contributed by atoms with Crippen LogP contribution in [0.15, 0.2) is 24.3 Å². The average Bonchev–Trinajstić information content (AvgIpc) is 2.30. The molecule has 1 aromatic rings. The van der Waals surface area contributed by atoms with E-state index in [1.807, 2.05) is 18.2 Å². The molecule has 96 valence electrons. The van der Waals surface area contributed by atoms with Gasteiger partial charge in [0.25, 0.3) is 0 Å². The molecule has 1 unspecified atom stereocenters. The lowest BCUT2D eigenvalue weighted by Gasteiger charge is -2.21. The number of hydrogen-bond donors (Lipinski definition) is 1. The summed E-state index contributed by atoms with van der Waals surface area (Å²) in [6.07, 6.45) is 3.76. The van der Waals surface area contributed by atoms with E-state index in [-0.39, 0.29) is 6.10 Å². The number of benzene rings is 1. The lowest BCUT2D eigenvalue weighted by atomic mass is 10.1. The number of hydrogen-bond acceptors (Lipinski definition) is 2. The number of ether oxygens (including phenoxy) is 1. The van der Waals surface area contributed by atoms with E-state index in [1.165, 1.54) is 12.8 Å². The van der Waals surface area contributed by atoms with Gasteiger partial charge < -0.3 is 10.1 Å². The molecule has 1 N–H and O–H groups in total. The van der Waals surface area contributed by atoms with Crippen molar-refractivity contribution in [2.45, 2.75) is 59.1 Å². The van der Waals surface area contributed by atoms with Crippen molar-refractivity contribution in [1.29, 1.82) is 0 Å². The van der Waals surface area contributed by atoms with E-state index in [2.05, 4.69) is 39.1 Å². The van der Waals surface area contributed by atoms with E-state index < -0.39 is 0 Å². The molecule has 17 heavy (non-hydrogen) atoms. The van der Waals surface area contributed by atoms with E-state index in [0.29, 0.717) is 6.04 Å². The Morgan fingerprint density at radius 1 is 1.18 bits per heavy atom. The van der Waals surface area contributed by atoms with E-state index in [1.54, 1.807) is 0 Å². The van der Waals surface area contributed by atoms with Crippen LogP contribution in [0.25, 0.3) is 0 Å². The lowest BCUT2D eigenvalue weighted by molar-refractivity contribution is 0.243. The van der Waals surface area contributed by atoms with Crippen LogP contribution >= 0.6 is 0 Å². The summed E-state index contributed by atoms with van der Waals surface area (Å²) in [6.45, 7) is 8.56. The first kappa shape index (κ1) is 13.9. The Labute approximate surface area is 105 Å². The molecule has 0 bridgehead atoms. The quantitative estimate of drug-likeness (QED) is 0.753. The van der Waals surface area contributed by atoms with Crippen molar-refractivity contribution >= 4 is 5.69 Å². The zero-order valence-corrected chi connectivity index (χ0v) is 11.5. The third-order valence-electron chi connectivity index (χ3n) is 2.74. The molecule has 0 heterocycles. The molecule has 1 aromatic carbocycles. The minimum atomic E-state index is 0.212. The predicted octanol–water partition coefficient (Wildman–Crippen LogP) is 4.46. The maximum absolute atomic E-state index is 5.81. The summed E-state index contributed by atoms with van der Waals surface area (Å²) < 4.78 is 5.81. The fraction of sp³-hybridized carbons (Fsp3) is 0.600. The molecule has 0 saturated heterocycles. The van der Waals surface area contributed by atoms with Crippen LogP contribution in [0.5, 0.6) is 5.75 Å². The van der Waals surface area contributed by atoms with Crippen LogP contribution < -0.4 is 10.1 Å². The predicted molar refractivity (Wildman–Crippen MR) is 74.8 cm³/mol. The Kier molecular flexibility index (Phi) is 5.88. The SMILES string of the molecule is CCCC(CC)Nc1ccccc1OC(C)C. The molecule has 0 amide bonds. The van der Waals surface area contributed by atoms with Gasteiger partial charge in [0.15, 0.2) is 0 Å². The van der Waals surface area contributed by atoms with Crippen LogP contribution in [-0.2, 0) is 0 Å². The third-order valence-corrected chi connectivity index (χ3v) is 2.74. The molecular weight excluding hydrogens is 210 g/mol. The van der Waals surface area contributed by atoms with Gasteiger partial charge in [-0.25, -0.2) is 0 Å². The molecule has 0 aliphatic rings. The molecule has 0 saturated carbocycles. The van der Waals surface area contributed by atoms with Gasteiger partial charge in [-0.2, -0.15) is 0 Å². The molecule has 0 aromatic heterocycles. The van der Waals surface area contributed by atoms with Crippen molar-refractivity contribution in [3.63, 3.8) is 0 Å². The monoisotopic (exact) mass is 235 g/mol. The minimum Gasteiger partial charge on any atom is -0.489 e. The van der Waals surface area contributed by atoms with Crippen molar-refractivity contribution in [2.75, 3.05) is 5.32 Å². The van der Waals surface area contributed by atoms with Crippen LogP contribution in [0.2, 0.25) is 0 Å². The molecular formula is C15H25NO. The van der Waals surface area contributed by atoms with Crippen molar-refractivity contribution in [3.8, 4) is 5.75 Å². The molecule has 1 atom stereocenters. The first-order valence-electron chi connectivity index (χ1n) is 6.69. The largest absolute Gasteiger partial charge is 0.489 e. The molecule has 1 rings (SSSR count). The third kappa shape index (κ3) is 4.68.